The Bertz CT molecular complexity index is 323. The van der Waals surface area contributed by atoms with Gasteiger partial charge in [0.05, 0.1) is 12.1 Å². The molecule has 1 heterocycles. The van der Waals surface area contributed by atoms with Gasteiger partial charge in [-0.15, -0.1) is 11.3 Å². The van der Waals surface area contributed by atoms with E-state index in [1.165, 1.54) is 11.3 Å². The molecule has 4 nitrogen and oxygen atoms in total. The quantitative estimate of drug-likeness (QED) is 0.786. The minimum absolute atomic E-state index is 0.356. The highest BCUT2D eigenvalue weighted by Gasteiger charge is 2.15. The molecule has 0 unspecified atom stereocenters. The topological polar surface area (TPSA) is 51.2 Å². The van der Waals surface area contributed by atoms with Crippen LogP contribution in [0.1, 0.15) is 31.3 Å². The molecule has 84 valence electrons. The Labute approximate surface area is 93.7 Å². The zero-order chi connectivity index (χ0) is 11.3. The lowest BCUT2D eigenvalue weighted by Crippen LogP contribution is -2.12. The Kier molecular flexibility index (Phi) is 4.55. The highest BCUT2D eigenvalue weighted by Crippen LogP contribution is 2.21. The molecule has 0 bridgehead atoms. The first-order valence-electron chi connectivity index (χ1n) is 4.99. The van der Waals surface area contributed by atoms with Crippen molar-refractivity contribution >= 4 is 22.3 Å². The summed E-state index contributed by atoms with van der Waals surface area (Å²) in [6.07, 6.45) is 0. The Balaban J connectivity index is 2.64. The minimum atomic E-state index is -0.356. The first kappa shape index (κ1) is 12.0. The molecule has 0 amide bonds. The zero-order valence-corrected chi connectivity index (χ0v) is 10.1. The van der Waals surface area contributed by atoms with Crippen LogP contribution in [0.3, 0.4) is 0 Å². The van der Waals surface area contributed by atoms with Crippen molar-refractivity contribution in [3.05, 3.63) is 11.2 Å². The molecule has 0 aliphatic rings. The van der Waals surface area contributed by atoms with Gasteiger partial charge in [-0.2, -0.15) is 0 Å². The first-order valence-corrected chi connectivity index (χ1v) is 5.87. The molecule has 0 saturated carbocycles. The molecule has 0 atom stereocenters. The number of carbonyl (C=O) groups is 1. The Morgan fingerprint density at radius 2 is 2.40 bits per heavy atom. The molecule has 0 aromatic carbocycles. The standard InChI is InChI=1S/C10H16N2O2S/c1-4-14-10(13)8-9(15-6-12-8)11-5-7(2)3/h6-7,11H,4-5H2,1-3H3. The third kappa shape index (κ3) is 3.51. The van der Waals surface area contributed by atoms with E-state index in [-0.39, 0.29) is 5.97 Å². The molecular formula is C10H16N2O2S. The minimum Gasteiger partial charge on any atom is -0.461 e. The van der Waals surface area contributed by atoms with E-state index in [0.29, 0.717) is 18.2 Å². The average Bonchev–Trinajstić information content (AvgIpc) is 2.62. The molecule has 1 N–H and O–H groups in total. The molecule has 1 aromatic heterocycles. The van der Waals surface area contributed by atoms with Crippen molar-refractivity contribution in [1.82, 2.24) is 4.98 Å². The van der Waals surface area contributed by atoms with Crippen LogP contribution in [0.4, 0.5) is 5.00 Å². The Morgan fingerprint density at radius 1 is 1.67 bits per heavy atom. The van der Waals surface area contributed by atoms with E-state index in [1.54, 1.807) is 12.4 Å². The van der Waals surface area contributed by atoms with Crippen LogP contribution in [0.15, 0.2) is 5.51 Å². The van der Waals surface area contributed by atoms with Crippen LogP contribution in [-0.4, -0.2) is 24.1 Å². The summed E-state index contributed by atoms with van der Waals surface area (Å²) in [4.78, 5) is 15.4. The van der Waals surface area contributed by atoms with Crippen LogP contribution in [-0.2, 0) is 4.74 Å². The zero-order valence-electron chi connectivity index (χ0n) is 9.24. The highest BCUT2D eigenvalue weighted by molar-refractivity contribution is 7.14. The third-order valence-electron chi connectivity index (χ3n) is 1.71. The number of nitrogens with one attached hydrogen (secondary N) is 1. The molecule has 0 saturated heterocycles. The van der Waals surface area contributed by atoms with Crippen molar-refractivity contribution in [1.29, 1.82) is 0 Å². The molecule has 1 rings (SSSR count). The number of rotatable bonds is 5. The normalized spacial score (nSPS) is 10.4. The molecule has 0 fully saturated rings. The van der Waals surface area contributed by atoms with Gasteiger partial charge in [0.15, 0.2) is 5.69 Å². The fraction of sp³-hybridized carbons (Fsp3) is 0.600. The summed E-state index contributed by atoms with van der Waals surface area (Å²) in [5.74, 6) is 0.173. The summed E-state index contributed by atoms with van der Waals surface area (Å²) in [5, 5.41) is 3.98. The van der Waals surface area contributed by atoms with Gasteiger partial charge in [-0.05, 0) is 12.8 Å². The second-order valence-electron chi connectivity index (χ2n) is 3.53. The largest absolute Gasteiger partial charge is 0.461 e. The number of thiazole rings is 1. The summed E-state index contributed by atoms with van der Waals surface area (Å²) in [5.41, 5.74) is 2.04. The summed E-state index contributed by atoms with van der Waals surface area (Å²) in [6, 6.07) is 0. The van der Waals surface area contributed by atoms with Crippen molar-refractivity contribution in [3.63, 3.8) is 0 Å². The molecule has 0 aliphatic heterocycles. The van der Waals surface area contributed by atoms with Crippen LogP contribution < -0.4 is 5.32 Å². The van der Waals surface area contributed by atoms with Crippen molar-refractivity contribution in [2.75, 3.05) is 18.5 Å². The monoisotopic (exact) mass is 228 g/mol. The summed E-state index contributed by atoms with van der Waals surface area (Å²) < 4.78 is 4.90. The SMILES string of the molecule is CCOC(=O)c1ncsc1NCC(C)C. The van der Waals surface area contributed by atoms with Crippen LogP contribution in [0, 0.1) is 5.92 Å². The Morgan fingerprint density at radius 3 is 3.00 bits per heavy atom. The van der Waals surface area contributed by atoms with E-state index < -0.39 is 0 Å². The van der Waals surface area contributed by atoms with E-state index in [2.05, 4.69) is 24.1 Å². The van der Waals surface area contributed by atoms with E-state index in [9.17, 15) is 4.79 Å². The van der Waals surface area contributed by atoms with Gasteiger partial charge in [-0.3, -0.25) is 0 Å². The van der Waals surface area contributed by atoms with Gasteiger partial charge in [0.2, 0.25) is 0 Å². The van der Waals surface area contributed by atoms with Crippen LogP contribution >= 0.6 is 11.3 Å². The van der Waals surface area contributed by atoms with Gasteiger partial charge in [0.1, 0.15) is 5.00 Å². The first-order chi connectivity index (χ1) is 7.15. The van der Waals surface area contributed by atoms with Crippen LogP contribution in [0.25, 0.3) is 0 Å². The molecule has 0 spiro atoms. The molecule has 0 radical (unpaired) electrons. The van der Waals surface area contributed by atoms with Gasteiger partial charge in [0.25, 0.3) is 0 Å². The Hall–Kier alpha value is -1.10. The van der Waals surface area contributed by atoms with E-state index in [4.69, 9.17) is 4.74 Å². The van der Waals surface area contributed by atoms with Crippen molar-refractivity contribution in [2.45, 2.75) is 20.8 Å². The maximum absolute atomic E-state index is 11.5. The maximum atomic E-state index is 11.5. The van der Waals surface area contributed by atoms with Crippen LogP contribution in [0.5, 0.6) is 0 Å². The number of esters is 1. The fourth-order valence-corrected chi connectivity index (χ4v) is 1.69. The summed E-state index contributed by atoms with van der Waals surface area (Å²) >= 11 is 1.42. The number of nitrogens with zero attached hydrogens (tertiary/aromatic N) is 1. The number of carbonyl (C=O) groups excluding carboxylic acids is 1. The number of aromatic nitrogens is 1. The lowest BCUT2D eigenvalue weighted by Gasteiger charge is -2.07. The lowest BCUT2D eigenvalue weighted by atomic mass is 10.2. The number of ether oxygens (including phenoxy) is 1. The third-order valence-corrected chi connectivity index (χ3v) is 2.49. The summed E-state index contributed by atoms with van der Waals surface area (Å²) in [7, 11) is 0. The van der Waals surface area contributed by atoms with Gasteiger partial charge in [-0.25, -0.2) is 9.78 Å². The predicted molar refractivity (Wildman–Crippen MR) is 61.4 cm³/mol. The van der Waals surface area contributed by atoms with Gasteiger partial charge in [-0.1, -0.05) is 13.8 Å². The van der Waals surface area contributed by atoms with E-state index >= 15 is 0 Å². The second-order valence-corrected chi connectivity index (χ2v) is 4.38. The fourth-order valence-electron chi connectivity index (χ4n) is 1.01. The molecule has 15 heavy (non-hydrogen) atoms. The van der Waals surface area contributed by atoms with E-state index in [1.807, 2.05) is 0 Å². The van der Waals surface area contributed by atoms with E-state index in [0.717, 1.165) is 11.5 Å². The number of anilines is 1. The van der Waals surface area contributed by atoms with Gasteiger partial charge >= 0.3 is 5.97 Å². The summed E-state index contributed by atoms with van der Waals surface area (Å²) in [6.45, 7) is 7.20. The van der Waals surface area contributed by atoms with Crippen molar-refractivity contribution in [3.8, 4) is 0 Å². The average molecular weight is 228 g/mol. The van der Waals surface area contributed by atoms with Crippen molar-refractivity contribution in [2.24, 2.45) is 5.92 Å². The maximum Gasteiger partial charge on any atom is 0.360 e. The second kappa shape index (κ2) is 5.70. The highest BCUT2D eigenvalue weighted by atomic mass is 32.1. The lowest BCUT2D eigenvalue weighted by molar-refractivity contribution is 0.0521. The smallest absolute Gasteiger partial charge is 0.360 e. The van der Waals surface area contributed by atoms with Crippen LogP contribution in [0.2, 0.25) is 0 Å². The van der Waals surface area contributed by atoms with Gasteiger partial charge < -0.3 is 10.1 Å². The molecule has 1 aromatic rings. The predicted octanol–water partition coefficient (Wildman–Crippen LogP) is 2.39. The van der Waals surface area contributed by atoms with Crippen molar-refractivity contribution < 1.29 is 9.53 Å². The molecule has 5 heteroatoms. The van der Waals surface area contributed by atoms with Gasteiger partial charge in [0, 0.05) is 6.54 Å². The molecule has 0 aliphatic carbocycles. The number of hydrogen-bond acceptors (Lipinski definition) is 5. The molecular weight excluding hydrogens is 212 g/mol. The number of hydrogen-bond donors (Lipinski definition) is 1.